The molecule has 0 spiro atoms. The van der Waals surface area contributed by atoms with Crippen LogP contribution in [0.5, 0.6) is 0 Å². The van der Waals surface area contributed by atoms with Crippen LogP contribution in [0, 0.1) is 6.92 Å². The zero-order valence-corrected chi connectivity index (χ0v) is 9.90. The molecule has 0 aliphatic rings. The summed E-state index contributed by atoms with van der Waals surface area (Å²) in [5.41, 5.74) is 1.16. The summed E-state index contributed by atoms with van der Waals surface area (Å²) in [6.45, 7) is 1.78. The van der Waals surface area contributed by atoms with E-state index >= 15 is 0 Å². The fourth-order valence-electron chi connectivity index (χ4n) is 1.30. The lowest BCUT2D eigenvalue weighted by atomic mass is 10.2. The number of hydrogen-bond acceptors (Lipinski definition) is 3. The fraction of sp³-hybridized carbons (Fsp3) is 0.0833. The number of nitrogens with zero attached hydrogens (tertiary/aromatic N) is 2. The van der Waals surface area contributed by atoms with E-state index in [0.717, 1.165) is 0 Å². The molecule has 0 aliphatic carbocycles. The van der Waals surface area contributed by atoms with Gasteiger partial charge in [-0.1, -0.05) is 11.6 Å². The van der Waals surface area contributed by atoms with Gasteiger partial charge in [-0.15, -0.1) is 0 Å². The van der Waals surface area contributed by atoms with Gasteiger partial charge in [-0.05, 0) is 31.2 Å². The highest BCUT2D eigenvalue weighted by molar-refractivity contribution is 6.31. The number of hydrogen-bond donors (Lipinski definition) is 1. The van der Waals surface area contributed by atoms with Crippen molar-refractivity contribution in [2.24, 2.45) is 0 Å². The maximum atomic E-state index is 11.8. The van der Waals surface area contributed by atoms with Gasteiger partial charge in [-0.3, -0.25) is 9.78 Å². The molecule has 2 aromatic rings. The van der Waals surface area contributed by atoms with Crippen LogP contribution in [0.4, 0.5) is 5.82 Å². The lowest BCUT2D eigenvalue weighted by Gasteiger charge is -2.05. The zero-order valence-electron chi connectivity index (χ0n) is 9.14. The Bertz CT molecular complexity index is 543. The van der Waals surface area contributed by atoms with Crippen molar-refractivity contribution in [3.63, 3.8) is 0 Å². The molecule has 0 fully saturated rings. The fourth-order valence-corrected chi connectivity index (χ4v) is 1.40. The third kappa shape index (κ3) is 2.79. The van der Waals surface area contributed by atoms with E-state index in [4.69, 9.17) is 11.6 Å². The van der Waals surface area contributed by atoms with Crippen LogP contribution < -0.4 is 5.32 Å². The Morgan fingerprint density at radius 3 is 2.82 bits per heavy atom. The third-order valence-corrected chi connectivity index (χ3v) is 2.59. The lowest BCUT2D eigenvalue weighted by Crippen LogP contribution is -2.13. The van der Waals surface area contributed by atoms with Crippen LogP contribution in [0.1, 0.15) is 16.1 Å². The molecule has 0 aromatic carbocycles. The van der Waals surface area contributed by atoms with Crippen LogP contribution in [-0.4, -0.2) is 15.9 Å². The quantitative estimate of drug-likeness (QED) is 0.888. The zero-order chi connectivity index (χ0) is 12.3. The van der Waals surface area contributed by atoms with Crippen LogP contribution in [0.2, 0.25) is 5.02 Å². The Kier molecular flexibility index (Phi) is 3.35. The first kappa shape index (κ1) is 11.5. The summed E-state index contributed by atoms with van der Waals surface area (Å²) in [6.07, 6.45) is 3.11. The van der Waals surface area contributed by atoms with E-state index in [0.29, 0.717) is 22.1 Å². The third-order valence-electron chi connectivity index (χ3n) is 2.19. The predicted molar refractivity (Wildman–Crippen MR) is 66.2 cm³/mol. The molecular weight excluding hydrogens is 238 g/mol. The number of carbonyl (C=O) groups excluding carboxylic acids is 1. The van der Waals surface area contributed by atoms with Crippen molar-refractivity contribution in [3.8, 4) is 0 Å². The van der Waals surface area contributed by atoms with Gasteiger partial charge >= 0.3 is 0 Å². The minimum Gasteiger partial charge on any atom is -0.307 e. The second-order valence-electron chi connectivity index (χ2n) is 3.46. The Morgan fingerprint density at radius 2 is 2.18 bits per heavy atom. The van der Waals surface area contributed by atoms with E-state index in [-0.39, 0.29) is 5.91 Å². The number of pyridine rings is 2. The highest BCUT2D eigenvalue weighted by Crippen LogP contribution is 2.15. The highest BCUT2D eigenvalue weighted by atomic mass is 35.5. The Labute approximate surface area is 104 Å². The molecule has 0 saturated carbocycles. The molecule has 4 nitrogen and oxygen atoms in total. The van der Waals surface area contributed by atoms with E-state index in [1.807, 2.05) is 0 Å². The second-order valence-corrected chi connectivity index (χ2v) is 3.87. The van der Waals surface area contributed by atoms with Crippen molar-refractivity contribution in [1.82, 2.24) is 9.97 Å². The van der Waals surface area contributed by atoms with Gasteiger partial charge in [-0.25, -0.2) is 4.98 Å². The molecule has 2 aromatic heterocycles. The Balaban J connectivity index is 2.16. The van der Waals surface area contributed by atoms with Gasteiger partial charge < -0.3 is 5.32 Å². The van der Waals surface area contributed by atoms with E-state index in [9.17, 15) is 4.79 Å². The van der Waals surface area contributed by atoms with E-state index < -0.39 is 0 Å². The van der Waals surface area contributed by atoms with E-state index in [2.05, 4.69) is 15.3 Å². The Hall–Kier alpha value is -1.94. The molecule has 0 bridgehead atoms. The normalized spacial score (nSPS) is 10.0. The molecule has 0 radical (unpaired) electrons. The SMILES string of the molecule is Cc1nc(NC(=O)c2cccnc2)ccc1Cl. The van der Waals surface area contributed by atoms with E-state index in [1.165, 1.54) is 6.20 Å². The van der Waals surface area contributed by atoms with Gasteiger partial charge in [0, 0.05) is 12.4 Å². The largest absolute Gasteiger partial charge is 0.307 e. The van der Waals surface area contributed by atoms with Crippen molar-refractivity contribution < 1.29 is 4.79 Å². The molecule has 86 valence electrons. The standard InChI is InChI=1S/C12H10ClN3O/c1-8-10(13)4-5-11(15-8)16-12(17)9-3-2-6-14-7-9/h2-7H,1H3,(H,15,16,17). The minimum atomic E-state index is -0.243. The number of halogens is 1. The van der Waals surface area contributed by atoms with Gasteiger partial charge in [0.25, 0.3) is 5.91 Å². The molecule has 0 aliphatic heterocycles. The van der Waals surface area contributed by atoms with Crippen LogP contribution in [0.15, 0.2) is 36.7 Å². The maximum Gasteiger partial charge on any atom is 0.258 e. The minimum absolute atomic E-state index is 0.243. The molecule has 0 atom stereocenters. The summed E-state index contributed by atoms with van der Waals surface area (Å²) >= 11 is 5.85. The van der Waals surface area contributed by atoms with Gasteiger partial charge in [0.2, 0.25) is 0 Å². The summed E-state index contributed by atoms with van der Waals surface area (Å²) in [4.78, 5) is 19.8. The summed E-state index contributed by atoms with van der Waals surface area (Å²) in [6, 6.07) is 6.74. The average molecular weight is 248 g/mol. The molecule has 0 saturated heterocycles. The van der Waals surface area contributed by atoms with Crippen molar-refractivity contribution >= 4 is 23.3 Å². The first-order valence-electron chi connectivity index (χ1n) is 5.01. The van der Waals surface area contributed by atoms with Crippen LogP contribution in [0.3, 0.4) is 0 Å². The monoisotopic (exact) mass is 247 g/mol. The molecule has 17 heavy (non-hydrogen) atoms. The molecule has 1 N–H and O–H groups in total. The number of carbonyl (C=O) groups is 1. The first-order chi connectivity index (χ1) is 8.16. The number of nitrogens with one attached hydrogen (secondary N) is 1. The van der Waals surface area contributed by atoms with Crippen LogP contribution >= 0.6 is 11.6 Å². The molecule has 0 unspecified atom stereocenters. The molecular formula is C12H10ClN3O. The molecule has 1 amide bonds. The van der Waals surface area contributed by atoms with Crippen LogP contribution in [-0.2, 0) is 0 Å². The number of anilines is 1. The van der Waals surface area contributed by atoms with Gasteiger partial charge in [-0.2, -0.15) is 0 Å². The van der Waals surface area contributed by atoms with Crippen molar-refractivity contribution in [2.75, 3.05) is 5.32 Å². The summed E-state index contributed by atoms with van der Waals surface area (Å²) in [5.74, 6) is 0.230. The highest BCUT2D eigenvalue weighted by Gasteiger charge is 2.07. The molecule has 2 heterocycles. The van der Waals surface area contributed by atoms with Crippen molar-refractivity contribution in [3.05, 3.63) is 52.9 Å². The topological polar surface area (TPSA) is 54.9 Å². The van der Waals surface area contributed by atoms with Crippen molar-refractivity contribution in [1.29, 1.82) is 0 Å². The van der Waals surface area contributed by atoms with Crippen LogP contribution in [0.25, 0.3) is 0 Å². The molecule has 2 rings (SSSR count). The number of aromatic nitrogens is 2. The summed E-state index contributed by atoms with van der Waals surface area (Å²) in [7, 11) is 0. The van der Waals surface area contributed by atoms with Crippen molar-refractivity contribution in [2.45, 2.75) is 6.92 Å². The summed E-state index contributed by atoms with van der Waals surface area (Å²) in [5, 5.41) is 3.25. The molecule has 5 heteroatoms. The Morgan fingerprint density at radius 1 is 1.35 bits per heavy atom. The maximum absolute atomic E-state index is 11.8. The van der Waals surface area contributed by atoms with Gasteiger partial charge in [0.15, 0.2) is 0 Å². The second kappa shape index (κ2) is 4.93. The first-order valence-corrected chi connectivity index (χ1v) is 5.39. The summed E-state index contributed by atoms with van der Waals surface area (Å²) < 4.78 is 0. The number of amides is 1. The van der Waals surface area contributed by atoms with Gasteiger partial charge in [0.1, 0.15) is 5.82 Å². The van der Waals surface area contributed by atoms with E-state index in [1.54, 1.807) is 37.4 Å². The van der Waals surface area contributed by atoms with Gasteiger partial charge in [0.05, 0.1) is 16.3 Å². The predicted octanol–water partition coefficient (Wildman–Crippen LogP) is 2.69. The number of aryl methyl sites for hydroxylation is 1. The lowest BCUT2D eigenvalue weighted by molar-refractivity contribution is 0.102. The average Bonchev–Trinajstić information content (AvgIpc) is 2.35. The smallest absolute Gasteiger partial charge is 0.258 e. The number of rotatable bonds is 2.